The first kappa shape index (κ1) is 17.8. The largest absolute Gasteiger partial charge is 0.456 e. The van der Waals surface area contributed by atoms with Gasteiger partial charge < -0.3 is 9.64 Å². The summed E-state index contributed by atoms with van der Waals surface area (Å²) >= 11 is 7.57. The smallest absolute Gasteiger partial charge is 0.307 e. The van der Waals surface area contributed by atoms with Gasteiger partial charge in [0.2, 0.25) is 0 Å². The van der Waals surface area contributed by atoms with Gasteiger partial charge in [0.15, 0.2) is 6.61 Å². The summed E-state index contributed by atoms with van der Waals surface area (Å²) in [6, 6.07) is 15.3. The van der Waals surface area contributed by atoms with E-state index in [0.29, 0.717) is 17.3 Å². The van der Waals surface area contributed by atoms with E-state index < -0.39 is 0 Å². The van der Waals surface area contributed by atoms with E-state index in [4.69, 9.17) is 16.3 Å². The summed E-state index contributed by atoms with van der Waals surface area (Å²) in [5, 5.41) is 0.670. The Balaban J connectivity index is 1.42. The van der Waals surface area contributed by atoms with E-state index in [-0.39, 0.29) is 24.9 Å². The van der Waals surface area contributed by atoms with Crippen LogP contribution in [0, 0.1) is 0 Å². The average Bonchev–Trinajstić information content (AvgIpc) is 3.05. The number of ether oxygens (including phenoxy) is 1. The van der Waals surface area contributed by atoms with Gasteiger partial charge in [-0.25, -0.2) is 0 Å². The Labute approximate surface area is 156 Å². The van der Waals surface area contributed by atoms with Crippen molar-refractivity contribution < 1.29 is 14.3 Å². The number of thioether (sulfide) groups is 1. The molecule has 1 aliphatic heterocycles. The quantitative estimate of drug-likeness (QED) is 0.566. The molecule has 0 atom stereocenters. The number of halogens is 1. The molecular formula is C19H18ClNO3S. The molecule has 0 saturated heterocycles. The molecule has 0 bridgehead atoms. The van der Waals surface area contributed by atoms with Crippen LogP contribution in [0.5, 0.6) is 0 Å². The Morgan fingerprint density at radius 3 is 2.72 bits per heavy atom. The third-order valence-electron chi connectivity index (χ3n) is 3.95. The summed E-state index contributed by atoms with van der Waals surface area (Å²) in [4.78, 5) is 26.7. The third-order valence-corrected chi connectivity index (χ3v) is 5.46. The first-order chi connectivity index (χ1) is 12.1. The first-order valence-corrected chi connectivity index (χ1v) is 9.43. The number of carbonyl (C=O) groups is 2. The molecule has 25 heavy (non-hydrogen) atoms. The summed E-state index contributed by atoms with van der Waals surface area (Å²) in [7, 11) is 0. The molecule has 0 aromatic heterocycles. The van der Waals surface area contributed by atoms with Crippen molar-refractivity contribution in [1.29, 1.82) is 0 Å². The first-order valence-electron chi connectivity index (χ1n) is 8.06. The molecule has 0 radical (unpaired) electrons. The highest BCUT2D eigenvalue weighted by molar-refractivity contribution is 7.99. The number of esters is 1. The van der Waals surface area contributed by atoms with Crippen molar-refractivity contribution in [2.24, 2.45) is 0 Å². The highest BCUT2D eigenvalue weighted by Gasteiger charge is 2.24. The van der Waals surface area contributed by atoms with Crippen LogP contribution in [0.3, 0.4) is 0 Å². The number of para-hydroxylation sites is 1. The third kappa shape index (κ3) is 4.55. The SMILES string of the molecule is O=C(CCSc1ccccc1Cl)OCC(=O)N1CCc2ccccc21. The molecule has 0 fully saturated rings. The lowest BCUT2D eigenvalue weighted by molar-refractivity contribution is -0.147. The second-order valence-electron chi connectivity index (χ2n) is 5.61. The molecule has 6 heteroatoms. The zero-order valence-corrected chi connectivity index (χ0v) is 15.2. The van der Waals surface area contributed by atoms with Crippen LogP contribution in [0.4, 0.5) is 5.69 Å². The summed E-state index contributed by atoms with van der Waals surface area (Å²) < 4.78 is 5.12. The zero-order valence-electron chi connectivity index (χ0n) is 13.6. The number of fused-ring (bicyclic) bond motifs is 1. The minimum absolute atomic E-state index is 0.183. The van der Waals surface area contributed by atoms with Crippen LogP contribution < -0.4 is 4.90 Å². The molecule has 0 N–H and O–H groups in total. The normalized spacial score (nSPS) is 12.8. The van der Waals surface area contributed by atoms with Crippen molar-refractivity contribution in [2.45, 2.75) is 17.7 Å². The van der Waals surface area contributed by atoms with E-state index in [1.807, 2.05) is 48.5 Å². The molecule has 1 amide bonds. The van der Waals surface area contributed by atoms with E-state index in [0.717, 1.165) is 22.6 Å². The molecule has 3 rings (SSSR count). The van der Waals surface area contributed by atoms with Gasteiger partial charge in [-0.05, 0) is 30.2 Å². The minimum atomic E-state index is -0.375. The second-order valence-corrected chi connectivity index (χ2v) is 7.16. The Bertz CT molecular complexity index is 781. The number of anilines is 1. The van der Waals surface area contributed by atoms with Gasteiger partial charge >= 0.3 is 5.97 Å². The molecule has 130 valence electrons. The fourth-order valence-electron chi connectivity index (χ4n) is 2.70. The average molecular weight is 376 g/mol. The number of hydrogen-bond donors (Lipinski definition) is 0. The van der Waals surface area contributed by atoms with Gasteiger partial charge in [0.25, 0.3) is 5.91 Å². The van der Waals surface area contributed by atoms with Crippen LogP contribution >= 0.6 is 23.4 Å². The lowest BCUT2D eigenvalue weighted by Gasteiger charge is -2.17. The zero-order chi connectivity index (χ0) is 17.6. The predicted octanol–water partition coefficient (Wildman–Crippen LogP) is 3.95. The molecule has 0 spiro atoms. The second kappa shape index (κ2) is 8.41. The molecule has 0 saturated carbocycles. The van der Waals surface area contributed by atoms with Gasteiger partial charge in [0.1, 0.15) is 0 Å². The van der Waals surface area contributed by atoms with Crippen LogP contribution in [-0.2, 0) is 20.7 Å². The maximum Gasteiger partial charge on any atom is 0.307 e. The predicted molar refractivity (Wildman–Crippen MR) is 100 cm³/mol. The summed E-state index contributed by atoms with van der Waals surface area (Å²) in [6.07, 6.45) is 1.07. The Morgan fingerprint density at radius 1 is 1.12 bits per heavy atom. The van der Waals surface area contributed by atoms with Crippen molar-refractivity contribution in [3.63, 3.8) is 0 Å². The molecule has 0 unspecified atom stereocenters. The summed E-state index contributed by atoms with van der Waals surface area (Å²) in [5.74, 6) is 0.000911. The van der Waals surface area contributed by atoms with E-state index in [9.17, 15) is 9.59 Å². The number of hydrogen-bond acceptors (Lipinski definition) is 4. The lowest BCUT2D eigenvalue weighted by atomic mass is 10.2. The van der Waals surface area contributed by atoms with Gasteiger partial charge in [0, 0.05) is 22.9 Å². The van der Waals surface area contributed by atoms with Gasteiger partial charge in [-0.15, -0.1) is 11.8 Å². The monoisotopic (exact) mass is 375 g/mol. The van der Waals surface area contributed by atoms with Crippen LogP contribution in [0.15, 0.2) is 53.4 Å². The van der Waals surface area contributed by atoms with E-state index in [1.54, 1.807) is 4.90 Å². The number of amides is 1. The maximum absolute atomic E-state index is 12.3. The van der Waals surface area contributed by atoms with Crippen molar-refractivity contribution >= 4 is 40.9 Å². The van der Waals surface area contributed by atoms with Gasteiger partial charge in [-0.2, -0.15) is 0 Å². The molecule has 2 aromatic carbocycles. The van der Waals surface area contributed by atoms with Gasteiger partial charge in [-0.3, -0.25) is 9.59 Å². The van der Waals surface area contributed by atoms with Gasteiger partial charge in [-0.1, -0.05) is 41.9 Å². The van der Waals surface area contributed by atoms with E-state index >= 15 is 0 Å². The number of benzene rings is 2. The highest BCUT2D eigenvalue weighted by atomic mass is 35.5. The van der Waals surface area contributed by atoms with E-state index in [1.165, 1.54) is 11.8 Å². The Morgan fingerprint density at radius 2 is 1.88 bits per heavy atom. The maximum atomic E-state index is 12.3. The Kier molecular flexibility index (Phi) is 6.00. The highest BCUT2D eigenvalue weighted by Crippen LogP contribution is 2.28. The molecule has 0 aliphatic carbocycles. The van der Waals surface area contributed by atoms with Gasteiger partial charge in [0.05, 0.1) is 11.4 Å². The number of rotatable bonds is 6. The standard InChI is InChI=1S/C19H18ClNO3S/c20-15-6-2-4-8-17(15)25-12-10-19(23)24-13-18(22)21-11-9-14-5-1-3-7-16(14)21/h1-8H,9-13H2. The molecule has 1 heterocycles. The number of nitrogens with zero attached hydrogens (tertiary/aromatic N) is 1. The van der Waals surface area contributed by atoms with Crippen molar-refractivity contribution in [1.82, 2.24) is 0 Å². The Hall–Kier alpha value is -1.98. The van der Waals surface area contributed by atoms with Crippen LogP contribution in [-0.4, -0.2) is 30.8 Å². The fraction of sp³-hybridized carbons (Fsp3) is 0.263. The van der Waals surface area contributed by atoms with Crippen LogP contribution in [0.25, 0.3) is 0 Å². The van der Waals surface area contributed by atoms with Crippen molar-refractivity contribution in [3.8, 4) is 0 Å². The molecular weight excluding hydrogens is 358 g/mol. The molecule has 4 nitrogen and oxygen atoms in total. The van der Waals surface area contributed by atoms with Crippen molar-refractivity contribution in [2.75, 3.05) is 23.8 Å². The summed E-state index contributed by atoms with van der Waals surface area (Å²) in [6.45, 7) is 0.419. The topological polar surface area (TPSA) is 46.6 Å². The summed E-state index contributed by atoms with van der Waals surface area (Å²) in [5.41, 5.74) is 2.07. The lowest BCUT2D eigenvalue weighted by Crippen LogP contribution is -2.33. The van der Waals surface area contributed by atoms with E-state index in [2.05, 4.69) is 0 Å². The fourth-order valence-corrected chi connectivity index (χ4v) is 3.86. The van der Waals surface area contributed by atoms with Crippen LogP contribution in [0.2, 0.25) is 5.02 Å². The van der Waals surface area contributed by atoms with Crippen molar-refractivity contribution in [3.05, 3.63) is 59.1 Å². The molecule has 1 aliphatic rings. The van der Waals surface area contributed by atoms with Crippen LogP contribution in [0.1, 0.15) is 12.0 Å². The number of carbonyl (C=O) groups excluding carboxylic acids is 2. The minimum Gasteiger partial charge on any atom is -0.456 e. The molecule has 2 aromatic rings.